The number of aromatic nitrogens is 1. The SMILES string of the molecule is N#Cc1cccc(Nc2ccc(NC(=O)Cc3ccccc3)nc2)c1. The molecule has 0 saturated carbocycles. The number of amides is 1. The monoisotopic (exact) mass is 328 g/mol. The third-order valence-electron chi connectivity index (χ3n) is 3.52. The lowest BCUT2D eigenvalue weighted by Crippen LogP contribution is -2.15. The fraction of sp³-hybridized carbons (Fsp3) is 0.0500. The lowest BCUT2D eigenvalue weighted by Gasteiger charge is -2.08. The average Bonchev–Trinajstić information content (AvgIpc) is 2.64. The summed E-state index contributed by atoms with van der Waals surface area (Å²) in [5.74, 6) is 0.387. The molecule has 0 bridgehead atoms. The van der Waals surface area contributed by atoms with Crippen molar-refractivity contribution in [2.75, 3.05) is 10.6 Å². The second kappa shape index (κ2) is 7.75. The van der Waals surface area contributed by atoms with E-state index in [4.69, 9.17) is 5.26 Å². The molecule has 0 aliphatic heterocycles. The van der Waals surface area contributed by atoms with Crippen LogP contribution in [0, 0.1) is 11.3 Å². The summed E-state index contributed by atoms with van der Waals surface area (Å²) in [6, 6.07) is 22.4. The summed E-state index contributed by atoms with van der Waals surface area (Å²) in [6.45, 7) is 0. The molecule has 0 aliphatic rings. The van der Waals surface area contributed by atoms with E-state index >= 15 is 0 Å². The van der Waals surface area contributed by atoms with Gasteiger partial charge in [0.05, 0.1) is 29.9 Å². The molecule has 0 unspecified atom stereocenters. The van der Waals surface area contributed by atoms with Crippen LogP contribution in [-0.2, 0) is 11.2 Å². The first-order valence-electron chi connectivity index (χ1n) is 7.80. The average molecular weight is 328 g/mol. The van der Waals surface area contributed by atoms with Crippen molar-refractivity contribution in [2.45, 2.75) is 6.42 Å². The zero-order chi connectivity index (χ0) is 17.5. The molecule has 3 rings (SSSR count). The lowest BCUT2D eigenvalue weighted by molar-refractivity contribution is -0.115. The van der Waals surface area contributed by atoms with Crippen LogP contribution in [0.1, 0.15) is 11.1 Å². The van der Waals surface area contributed by atoms with Crippen LogP contribution in [-0.4, -0.2) is 10.9 Å². The Balaban J connectivity index is 1.60. The minimum absolute atomic E-state index is 0.110. The number of hydrogen-bond acceptors (Lipinski definition) is 4. The van der Waals surface area contributed by atoms with Crippen LogP contribution in [0.15, 0.2) is 72.9 Å². The molecule has 1 heterocycles. The predicted molar refractivity (Wildman–Crippen MR) is 97.5 cm³/mol. The minimum Gasteiger partial charge on any atom is -0.354 e. The highest BCUT2D eigenvalue weighted by Crippen LogP contribution is 2.18. The third kappa shape index (κ3) is 4.66. The summed E-state index contributed by atoms with van der Waals surface area (Å²) in [4.78, 5) is 16.3. The van der Waals surface area contributed by atoms with Crippen LogP contribution in [0.25, 0.3) is 0 Å². The van der Waals surface area contributed by atoms with E-state index in [-0.39, 0.29) is 5.91 Å². The molecule has 0 saturated heterocycles. The molecule has 122 valence electrons. The first kappa shape index (κ1) is 16.2. The fourth-order valence-electron chi connectivity index (χ4n) is 2.34. The highest BCUT2D eigenvalue weighted by atomic mass is 16.1. The Kier molecular flexibility index (Phi) is 5.03. The number of hydrogen-bond donors (Lipinski definition) is 2. The number of carbonyl (C=O) groups excluding carboxylic acids is 1. The number of carbonyl (C=O) groups is 1. The van der Waals surface area contributed by atoms with Gasteiger partial charge in [-0.1, -0.05) is 36.4 Å². The van der Waals surface area contributed by atoms with E-state index in [2.05, 4.69) is 21.7 Å². The van der Waals surface area contributed by atoms with Gasteiger partial charge in [-0.05, 0) is 35.9 Å². The minimum atomic E-state index is -0.110. The molecule has 0 radical (unpaired) electrons. The van der Waals surface area contributed by atoms with Gasteiger partial charge in [-0.2, -0.15) is 5.26 Å². The molecule has 25 heavy (non-hydrogen) atoms. The molecule has 0 fully saturated rings. The van der Waals surface area contributed by atoms with Crippen molar-refractivity contribution in [3.63, 3.8) is 0 Å². The van der Waals surface area contributed by atoms with Gasteiger partial charge in [-0.15, -0.1) is 0 Å². The Morgan fingerprint density at radius 3 is 2.56 bits per heavy atom. The van der Waals surface area contributed by atoms with E-state index in [0.717, 1.165) is 16.9 Å². The smallest absolute Gasteiger partial charge is 0.229 e. The molecule has 1 aromatic heterocycles. The Labute approximate surface area is 146 Å². The highest BCUT2D eigenvalue weighted by molar-refractivity contribution is 5.91. The molecule has 0 aliphatic carbocycles. The van der Waals surface area contributed by atoms with Gasteiger partial charge in [0.1, 0.15) is 5.82 Å². The van der Waals surface area contributed by atoms with Crippen molar-refractivity contribution in [1.82, 2.24) is 4.98 Å². The number of rotatable bonds is 5. The second-order valence-corrected chi connectivity index (χ2v) is 5.46. The van der Waals surface area contributed by atoms with Crippen LogP contribution in [0.3, 0.4) is 0 Å². The zero-order valence-electron chi connectivity index (χ0n) is 13.4. The van der Waals surface area contributed by atoms with Crippen molar-refractivity contribution in [1.29, 1.82) is 5.26 Å². The number of anilines is 3. The van der Waals surface area contributed by atoms with Gasteiger partial charge in [0.15, 0.2) is 0 Å². The van der Waals surface area contributed by atoms with Gasteiger partial charge in [0.2, 0.25) is 5.91 Å². The number of benzene rings is 2. The van der Waals surface area contributed by atoms with Crippen molar-refractivity contribution in [3.8, 4) is 6.07 Å². The molecule has 1 amide bonds. The summed E-state index contributed by atoms with van der Waals surface area (Å²) in [7, 11) is 0. The van der Waals surface area contributed by atoms with Gasteiger partial charge in [0, 0.05) is 5.69 Å². The van der Waals surface area contributed by atoms with Crippen LogP contribution >= 0.6 is 0 Å². The first-order chi connectivity index (χ1) is 12.2. The first-order valence-corrected chi connectivity index (χ1v) is 7.80. The summed E-state index contributed by atoms with van der Waals surface area (Å²) in [5.41, 5.74) is 3.12. The molecule has 3 aromatic rings. The second-order valence-electron chi connectivity index (χ2n) is 5.46. The molecular formula is C20H16N4O. The Bertz CT molecular complexity index is 899. The van der Waals surface area contributed by atoms with Crippen molar-refractivity contribution >= 4 is 23.1 Å². The Morgan fingerprint density at radius 1 is 1.00 bits per heavy atom. The molecule has 2 N–H and O–H groups in total. The largest absolute Gasteiger partial charge is 0.354 e. The topological polar surface area (TPSA) is 77.8 Å². The number of nitrogens with one attached hydrogen (secondary N) is 2. The van der Waals surface area contributed by atoms with Crippen LogP contribution in [0.5, 0.6) is 0 Å². The van der Waals surface area contributed by atoms with Crippen LogP contribution < -0.4 is 10.6 Å². The van der Waals surface area contributed by atoms with Gasteiger partial charge in [-0.3, -0.25) is 4.79 Å². The Hall–Kier alpha value is -3.65. The maximum absolute atomic E-state index is 12.0. The van der Waals surface area contributed by atoms with E-state index in [1.165, 1.54) is 0 Å². The van der Waals surface area contributed by atoms with E-state index in [9.17, 15) is 4.79 Å². The maximum Gasteiger partial charge on any atom is 0.229 e. The van der Waals surface area contributed by atoms with Crippen molar-refractivity contribution < 1.29 is 4.79 Å². The summed E-state index contributed by atoms with van der Waals surface area (Å²) in [6.07, 6.45) is 1.95. The summed E-state index contributed by atoms with van der Waals surface area (Å²) >= 11 is 0. The Morgan fingerprint density at radius 2 is 1.84 bits per heavy atom. The molecule has 0 spiro atoms. The predicted octanol–water partition coefficient (Wildman–Crippen LogP) is 3.88. The molecule has 5 nitrogen and oxygen atoms in total. The quantitative estimate of drug-likeness (QED) is 0.745. The van der Waals surface area contributed by atoms with Crippen LogP contribution in [0.2, 0.25) is 0 Å². The number of nitriles is 1. The van der Waals surface area contributed by atoms with Crippen molar-refractivity contribution in [3.05, 3.63) is 84.1 Å². The molecule has 0 atom stereocenters. The van der Waals surface area contributed by atoms with Gasteiger partial charge >= 0.3 is 0 Å². The fourth-order valence-corrected chi connectivity index (χ4v) is 2.34. The van der Waals surface area contributed by atoms with Gasteiger partial charge < -0.3 is 10.6 Å². The molecule has 5 heteroatoms. The summed E-state index contributed by atoms with van der Waals surface area (Å²) in [5, 5.41) is 14.9. The van der Waals surface area contributed by atoms with Gasteiger partial charge in [-0.25, -0.2) is 4.98 Å². The van der Waals surface area contributed by atoms with Crippen LogP contribution in [0.4, 0.5) is 17.2 Å². The normalized spacial score (nSPS) is 9.88. The maximum atomic E-state index is 12.0. The van der Waals surface area contributed by atoms with E-state index in [1.54, 1.807) is 24.4 Å². The lowest BCUT2D eigenvalue weighted by atomic mass is 10.1. The van der Waals surface area contributed by atoms with E-state index in [1.807, 2.05) is 48.5 Å². The van der Waals surface area contributed by atoms with Gasteiger partial charge in [0.25, 0.3) is 0 Å². The molecular weight excluding hydrogens is 312 g/mol. The highest BCUT2D eigenvalue weighted by Gasteiger charge is 2.05. The number of nitrogens with zero attached hydrogens (tertiary/aromatic N) is 2. The number of pyridine rings is 1. The standard InChI is InChI=1S/C20H16N4O/c21-13-16-7-4-8-17(11-16)23-18-9-10-19(22-14-18)24-20(25)12-15-5-2-1-3-6-15/h1-11,14,23H,12H2,(H,22,24,25). The summed E-state index contributed by atoms with van der Waals surface area (Å²) < 4.78 is 0. The zero-order valence-corrected chi connectivity index (χ0v) is 13.4. The molecule has 2 aromatic carbocycles. The van der Waals surface area contributed by atoms with E-state index < -0.39 is 0 Å². The third-order valence-corrected chi connectivity index (χ3v) is 3.52. The van der Waals surface area contributed by atoms with Crippen molar-refractivity contribution in [2.24, 2.45) is 0 Å². The van der Waals surface area contributed by atoms with E-state index in [0.29, 0.717) is 17.8 Å².